The number of aryl methyl sites for hydroxylation is 2. The highest BCUT2D eigenvalue weighted by Gasteiger charge is 2.60. The lowest BCUT2D eigenvalue weighted by Crippen LogP contribution is -2.57. The van der Waals surface area contributed by atoms with Gasteiger partial charge in [0.15, 0.2) is 17.2 Å². The second-order valence-corrected chi connectivity index (χ2v) is 10.1. The lowest BCUT2D eigenvalue weighted by Gasteiger charge is -2.46. The van der Waals surface area contributed by atoms with Crippen molar-refractivity contribution in [2.75, 3.05) is 0 Å². The summed E-state index contributed by atoms with van der Waals surface area (Å²) in [5, 5.41) is 44.2. The molecule has 0 amide bonds. The van der Waals surface area contributed by atoms with Crippen molar-refractivity contribution in [3.05, 3.63) is 69.5 Å². The number of aromatic hydroxyl groups is 1. The van der Waals surface area contributed by atoms with Gasteiger partial charge < -0.3 is 20.4 Å². The summed E-state index contributed by atoms with van der Waals surface area (Å²) in [4.78, 5) is 38.2. The normalized spacial score (nSPS) is 25.4. The molecule has 0 spiro atoms. The molecule has 0 unspecified atom stereocenters. The minimum Gasteiger partial charge on any atom is -0.508 e. The van der Waals surface area contributed by atoms with E-state index in [1.165, 1.54) is 6.07 Å². The van der Waals surface area contributed by atoms with E-state index in [1.54, 1.807) is 6.07 Å². The fourth-order valence-electron chi connectivity index (χ4n) is 6.22. The zero-order valence-corrected chi connectivity index (χ0v) is 20.4. The van der Waals surface area contributed by atoms with Crippen LogP contribution in [0, 0.1) is 18.8 Å². The first-order chi connectivity index (χ1) is 17.0. The maximum absolute atomic E-state index is 13.6. The van der Waals surface area contributed by atoms with Crippen molar-refractivity contribution in [1.29, 1.82) is 0 Å². The molecule has 0 heterocycles. The molecule has 3 aliphatic carbocycles. The first-order valence-electron chi connectivity index (χ1n) is 12.1. The third kappa shape index (κ3) is 3.26. The van der Waals surface area contributed by atoms with Crippen molar-refractivity contribution in [2.45, 2.75) is 52.1 Å². The minimum absolute atomic E-state index is 0.101. The number of hydrogen-bond acceptors (Lipinski definition) is 7. The Morgan fingerprint density at radius 3 is 2.47 bits per heavy atom. The lowest BCUT2D eigenvalue weighted by molar-refractivity contribution is -0.147. The number of carbonyl (C=O) groups is 3. The van der Waals surface area contributed by atoms with Crippen LogP contribution in [-0.4, -0.2) is 43.4 Å². The molecular formula is C29H28O7. The van der Waals surface area contributed by atoms with Crippen molar-refractivity contribution < 1.29 is 34.8 Å². The Balaban J connectivity index is 1.71. The Bertz CT molecular complexity index is 1430. The molecular weight excluding hydrogens is 460 g/mol. The van der Waals surface area contributed by atoms with Gasteiger partial charge in [-0.2, -0.15) is 0 Å². The minimum atomic E-state index is -2.48. The molecule has 7 heteroatoms. The summed E-state index contributed by atoms with van der Waals surface area (Å²) in [5.74, 6) is -5.36. The molecule has 0 aromatic heterocycles. The Kier molecular flexibility index (Phi) is 5.45. The van der Waals surface area contributed by atoms with E-state index in [1.807, 2.05) is 13.0 Å². The molecule has 0 radical (unpaired) electrons. The van der Waals surface area contributed by atoms with Crippen molar-refractivity contribution in [3.63, 3.8) is 0 Å². The van der Waals surface area contributed by atoms with Crippen LogP contribution in [0.4, 0.5) is 0 Å². The third-order valence-electron chi connectivity index (χ3n) is 7.91. The highest BCUT2D eigenvalue weighted by molar-refractivity contribution is 6.23. The topological polar surface area (TPSA) is 132 Å². The molecule has 0 saturated heterocycles. The molecule has 186 valence electrons. The van der Waals surface area contributed by atoms with Gasteiger partial charge in [0.25, 0.3) is 0 Å². The number of aliphatic hydroxyl groups is 3. The molecule has 36 heavy (non-hydrogen) atoms. The summed E-state index contributed by atoms with van der Waals surface area (Å²) < 4.78 is 0. The number of hydrogen-bond donors (Lipinski definition) is 4. The van der Waals surface area contributed by atoms with Gasteiger partial charge >= 0.3 is 0 Å². The average Bonchev–Trinajstić information content (AvgIpc) is 2.80. The first-order valence-corrected chi connectivity index (χ1v) is 12.1. The smallest absolute Gasteiger partial charge is 0.202 e. The van der Waals surface area contributed by atoms with Gasteiger partial charge in [0.1, 0.15) is 22.8 Å². The summed E-state index contributed by atoms with van der Waals surface area (Å²) in [6.07, 6.45) is 1.02. The molecule has 0 aliphatic heterocycles. The van der Waals surface area contributed by atoms with Crippen LogP contribution in [0.3, 0.4) is 0 Å². The number of ketones is 3. The fraction of sp³-hybridized carbons (Fsp3) is 0.345. The first kappa shape index (κ1) is 24.0. The van der Waals surface area contributed by atoms with Crippen LogP contribution in [0.5, 0.6) is 5.75 Å². The predicted octanol–water partition coefficient (Wildman–Crippen LogP) is 4.07. The number of fused-ring (bicyclic) bond motifs is 3. The molecule has 1 fully saturated rings. The predicted molar refractivity (Wildman–Crippen MR) is 132 cm³/mol. The molecule has 3 aliphatic rings. The number of rotatable bonds is 3. The third-order valence-corrected chi connectivity index (χ3v) is 7.91. The van der Waals surface area contributed by atoms with Gasteiger partial charge in [-0.25, -0.2) is 0 Å². The molecule has 3 atom stereocenters. The van der Waals surface area contributed by atoms with Crippen LogP contribution in [0.15, 0.2) is 47.2 Å². The zero-order valence-electron chi connectivity index (χ0n) is 20.4. The van der Waals surface area contributed by atoms with Gasteiger partial charge in [0.2, 0.25) is 5.78 Å². The zero-order chi connectivity index (χ0) is 26.1. The van der Waals surface area contributed by atoms with Crippen LogP contribution in [0.1, 0.15) is 48.9 Å². The fourth-order valence-corrected chi connectivity index (χ4v) is 6.22. The Morgan fingerprint density at radius 2 is 1.81 bits per heavy atom. The maximum Gasteiger partial charge on any atom is 0.202 e. The number of Topliss-reactive ketones (excluding diaryl/α,β-unsaturated/α-hetero) is 3. The number of benzene rings is 2. The van der Waals surface area contributed by atoms with Crippen LogP contribution in [0.25, 0.3) is 16.9 Å². The number of phenolic OH excluding ortho intramolecular Hbond substituents is 1. The van der Waals surface area contributed by atoms with Crippen molar-refractivity contribution >= 4 is 23.1 Å². The standard InChI is InChI=1S/C29H28O7/c1-4-15-7-13(2)8-16(9-15)19-5-6-21(31)25-20(19)11-17-10-18-12-22(32)23(14(3)30)27(34)29(18,36)28(35)24(17)26(25)33/h5-9,17-18,31,33-34,36H,4,10-12H2,1-3H3/t17-,18+,29-/m0/s1. The van der Waals surface area contributed by atoms with Gasteiger partial charge in [0, 0.05) is 17.9 Å². The van der Waals surface area contributed by atoms with E-state index in [2.05, 4.69) is 19.1 Å². The van der Waals surface area contributed by atoms with Gasteiger partial charge in [-0.1, -0.05) is 36.8 Å². The van der Waals surface area contributed by atoms with Gasteiger partial charge in [-0.15, -0.1) is 0 Å². The van der Waals surface area contributed by atoms with Crippen LogP contribution in [-0.2, 0) is 27.2 Å². The second kappa shape index (κ2) is 8.17. The number of allylic oxidation sites excluding steroid dienone is 1. The van der Waals surface area contributed by atoms with Crippen LogP contribution in [0.2, 0.25) is 0 Å². The second-order valence-electron chi connectivity index (χ2n) is 10.1. The van der Waals surface area contributed by atoms with Crippen molar-refractivity contribution in [3.8, 4) is 16.9 Å². The van der Waals surface area contributed by atoms with Crippen LogP contribution >= 0.6 is 0 Å². The van der Waals surface area contributed by atoms with E-state index in [0.717, 1.165) is 35.6 Å². The summed E-state index contributed by atoms with van der Waals surface area (Å²) in [6, 6.07) is 9.45. The number of carbonyl (C=O) groups excluding carboxylic acids is 3. The van der Waals surface area contributed by atoms with E-state index in [9.17, 15) is 34.8 Å². The van der Waals surface area contributed by atoms with Crippen molar-refractivity contribution in [1.82, 2.24) is 0 Å². The molecule has 4 N–H and O–H groups in total. The van der Waals surface area contributed by atoms with Gasteiger partial charge in [-0.3, -0.25) is 14.4 Å². The van der Waals surface area contributed by atoms with Crippen molar-refractivity contribution in [2.24, 2.45) is 11.8 Å². The molecule has 1 saturated carbocycles. The summed E-state index contributed by atoms with van der Waals surface area (Å²) in [7, 11) is 0. The van der Waals surface area contributed by atoms with Gasteiger partial charge in [0.05, 0.1) is 5.56 Å². The summed E-state index contributed by atoms with van der Waals surface area (Å²) >= 11 is 0. The SMILES string of the molecule is CCc1cc(C)cc(-c2ccc(O)c3c2C[C@@H]2C[C@@H]4CC(=O)C(C(C)=O)=C(O)[C@]4(O)C(=O)C2=C3O)c1. The maximum atomic E-state index is 13.6. The quantitative estimate of drug-likeness (QED) is 0.479. The molecule has 7 nitrogen and oxygen atoms in total. The molecule has 2 aromatic rings. The monoisotopic (exact) mass is 488 g/mol. The van der Waals surface area contributed by atoms with E-state index < -0.39 is 51.9 Å². The van der Waals surface area contributed by atoms with Crippen LogP contribution < -0.4 is 0 Å². The average molecular weight is 489 g/mol. The lowest BCUT2D eigenvalue weighted by atomic mass is 9.59. The van der Waals surface area contributed by atoms with E-state index in [0.29, 0.717) is 12.0 Å². The Hall–Kier alpha value is -3.71. The number of aliphatic hydroxyl groups excluding tert-OH is 2. The molecule has 0 bridgehead atoms. The molecule has 5 rings (SSSR count). The molecule has 2 aromatic carbocycles. The Morgan fingerprint density at radius 1 is 1.08 bits per heavy atom. The Labute approximate surface area is 208 Å². The highest BCUT2D eigenvalue weighted by atomic mass is 16.3. The largest absolute Gasteiger partial charge is 0.508 e. The van der Waals surface area contributed by atoms with Gasteiger partial charge in [-0.05, 0) is 67.3 Å². The van der Waals surface area contributed by atoms with E-state index in [4.69, 9.17) is 0 Å². The summed E-state index contributed by atoms with van der Waals surface area (Å²) in [5.41, 5.74) is 1.61. The van der Waals surface area contributed by atoms with E-state index >= 15 is 0 Å². The number of phenols is 1. The van der Waals surface area contributed by atoms with E-state index in [-0.39, 0.29) is 29.7 Å². The summed E-state index contributed by atoms with van der Waals surface area (Å²) in [6.45, 7) is 5.15. The highest BCUT2D eigenvalue weighted by Crippen LogP contribution is 2.53.